The van der Waals surface area contributed by atoms with Crippen molar-refractivity contribution in [2.75, 3.05) is 6.61 Å². The van der Waals surface area contributed by atoms with Crippen LogP contribution in [-0.2, 0) is 19.1 Å². The van der Waals surface area contributed by atoms with E-state index in [1.807, 2.05) is 0 Å². The summed E-state index contributed by atoms with van der Waals surface area (Å²) < 4.78 is 4.66. The van der Waals surface area contributed by atoms with Gasteiger partial charge in [-0.1, -0.05) is 6.08 Å². The Morgan fingerprint density at radius 3 is 2.14 bits per heavy atom. The quantitative estimate of drug-likeness (QED) is 0.286. The van der Waals surface area contributed by atoms with E-state index in [0.717, 1.165) is 0 Å². The molecule has 14 heavy (non-hydrogen) atoms. The zero-order valence-corrected chi connectivity index (χ0v) is 8.62. The average molecular weight is 198 g/mol. The summed E-state index contributed by atoms with van der Waals surface area (Å²) in [4.78, 5) is 32.8. The highest BCUT2D eigenvalue weighted by atomic mass is 16.5. The number of carbonyl (C=O) groups is 3. The molecule has 0 radical (unpaired) electrons. The maximum atomic E-state index is 11.2. The van der Waals surface area contributed by atoms with Gasteiger partial charge in [0.15, 0.2) is 5.78 Å². The molecular formula is C10H14O4. The summed E-state index contributed by atoms with van der Waals surface area (Å²) in [5, 5.41) is 0. The second-order valence-electron chi connectivity index (χ2n) is 2.80. The third-order valence-corrected chi connectivity index (χ3v) is 1.47. The fraction of sp³-hybridized carbons (Fsp3) is 0.500. The number of carbonyl (C=O) groups excluding carboxylic acids is 3. The molecular weight excluding hydrogens is 184 g/mol. The van der Waals surface area contributed by atoms with Gasteiger partial charge >= 0.3 is 5.97 Å². The summed E-state index contributed by atoms with van der Waals surface area (Å²) in [6, 6.07) is 0. The minimum absolute atomic E-state index is 0.0537. The number of hydrogen-bond acceptors (Lipinski definition) is 4. The van der Waals surface area contributed by atoms with Gasteiger partial charge in [-0.05, 0) is 20.8 Å². The van der Waals surface area contributed by atoms with E-state index in [-0.39, 0.29) is 30.2 Å². The first-order valence-corrected chi connectivity index (χ1v) is 4.36. The SMILES string of the molecule is CCOC(=O)C(=CCC(C)=O)C(C)=O. The molecule has 4 heteroatoms. The molecule has 0 aromatic heterocycles. The molecule has 0 aromatic carbocycles. The molecule has 0 bridgehead atoms. The fourth-order valence-electron chi connectivity index (χ4n) is 0.825. The highest BCUT2D eigenvalue weighted by Gasteiger charge is 2.14. The van der Waals surface area contributed by atoms with Crippen molar-refractivity contribution in [3.8, 4) is 0 Å². The van der Waals surface area contributed by atoms with Crippen LogP contribution < -0.4 is 0 Å². The molecule has 0 saturated heterocycles. The van der Waals surface area contributed by atoms with Gasteiger partial charge in [0.25, 0.3) is 0 Å². The zero-order valence-electron chi connectivity index (χ0n) is 8.62. The lowest BCUT2D eigenvalue weighted by Crippen LogP contribution is -2.14. The van der Waals surface area contributed by atoms with E-state index in [0.29, 0.717) is 0 Å². The third-order valence-electron chi connectivity index (χ3n) is 1.47. The van der Waals surface area contributed by atoms with E-state index >= 15 is 0 Å². The van der Waals surface area contributed by atoms with Crippen molar-refractivity contribution < 1.29 is 19.1 Å². The van der Waals surface area contributed by atoms with Gasteiger partial charge in [0.1, 0.15) is 5.78 Å². The molecule has 0 unspecified atom stereocenters. The van der Waals surface area contributed by atoms with Crippen LogP contribution in [0.3, 0.4) is 0 Å². The van der Waals surface area contributed by atoms with Crippen LogP contribution in [-0.4, -0.2) is 24.1 Å². The van der Waals surface area contributed by atoms with E-state index in [1.54, 1.807) is 6.92 Å². The normalized spacial score (nSPS) is 10.9. The van der Waals surface area contributed by atoms with E-state index < -0.39 is 5.97 Å². The molecule has 0 heterocycles. The Labute approximate surface area is 82.9 Å². The Morgan fingerprint density at radius 2 is 1.79 bits per heavy atom. The number of ketones is 2. The summed E-state index contributed by atoms with van der Waals surface area (Å²) in [5.41, 5.74) is -0.0537. The van der Waals surface area contributed by atoms with Crippen molar-refractivity contribution in [3.63, 3.8) is 0 Å². The molecule has 0 aliphatic heterocycles. The summed E-state index contributed by atoms with van der Waals surface area (Å²) in [6.07, 6.45) is 1.39. The van der Waals surface area contributed by atoms with Gasteiger partial charge in [-0.3, -0.25) is 9.59 Å². The van der Waals surface area contributed by atoms with Crippen molar-refractivity contribution in [2.45, 2.75) is 27.2 Å². The number of allylic oxidation sites excluding steroid dienone is 1. The van der Waals surface area contributed by atoms with Crippen molar-refractivity contribution in [1.82, 2.24) is 0 Å². The van der Waals surface area contributed by atoms with Crippen molar-refractivity contribution >= 4 is 17.5 Å². The first-order valence-electron chi connectivity index (χ1n) is 4.36. The van der Waals surface area contributed by atoms with E-state index in [9.17, 15) is 14.4 Å². The van der Waals surface area contributed by atoms with Crippen LogP contribution in [0.15, 0.2) is 11.6 Å². The Bertz CT molecular complexity index is 276. The summed E-state index contributed by atoms with van der Waals surface area (Å²) >= 11 is 0. The zero-order chi connectivity index (χ0) is 11.1. The minimum Gasteiger partial charge on any atom is -0.462 e. The second kappa shape index (κ2) is 6.07. The largest absolute Gasteiger partial charge is 0.462 e. The maximum absolute atomic E-state index is 11.2. The van der Waals surface area contributed by atoms with Crippen LogP contribution in [0, 0.1) is 0 Å². The van der Waals surface area contributed by atoms with Gasteiger partial charge in [-0.25, -0.2) is 4.79 Å². The number of Topliss-reactive ketones (excluding diaryl/α,β-unsaturated/α-hetero) is 2. The van der Waals surface area contributed by atoms with Crippen LogP contribution in [0.4, 0.5) is 0 Å². The third kappa shape index (κ3) is 4.54. The van der Waals surface area contributed by atoms with Crippen LogP contribution in [0.2, 0.25) is 0 Å². The van der Waals surface area contributed by atoms with Crippen molar-refractivity contribution in [1.29, 1.82) is 0 Å². The van der Waals surface area contributed by atoms with Gasteiger partial charge in [-0.15, -0.1) is 0 Å². The Hall–Kier alpha value is -1.45. The summed E-state index contributed by atoms with van der Waals surface area (Å²) in [5.74, 6) is -1.15. The highest BCUT2D eigenvalue weighted by molar-refractivity contribution is 6.16. The summed E-state index contributed by atoms with van der Waals surface area (Å²) in [6.45, 7) is 4.52. The lowest BCUT2D eigenvalue weighted by atomic mass is 10.1. The standard InChI is InChI=1S/C10H14O4/c1-4-14-10(13)9(8(3)12)6-5-7(2)11/h6H,4-5H2,1-3H3. The van der Waals surface area contributed by atoms with Crippen LogP contribution >= 0.6 is 0 Å². The Balaban J connectivity index is 4.59. The van der Waals surface area contributed by atoms with E-state index in [2.05, 4.69) is 4.74 Å². The van der Waals surface area contributed by atoms with Gasteiger partial charge in [-0.2, -0.15) is 0 Å². The maximum Gasteiger partial charge on any atom is 0.341 e. The summed E-state index contributed by atoms with van der Waals surface area (Å²) in [7, 11) is 0. The average Bonchev–Trinajstić information content (AvgIpc) is 2.03. The lowest BCUT2D eigenvalue weighted by molar-refractivity contribution is -0.139. The molecule has 78 valence electrons. The molecule has 0 spiro atoms. The molecule has 0 fully saturated rings. The van der Waals surface area contributed by atoms with E-state index in [1.165, 1.54) is 19.9 Å². The minimum atomic E-state index is -0.666. The number of hydrogen-bond donors (Lipinski definition) is 0. The smallest absolute Gasteiger partial charge is 0.341 e. The first-order chi connectivity index (χ1) is 6.49. The van der Waals surface area contributed by atoms with Gasteiger partial charge in [0.05, 0.1) is 12.2 Å². The Kier molecular flexibility index (Phi) is 5.44. The Morgan fingerprint density at radius 1 is 1.21 bits per heavy atom. The number of esters is 1. The molecule has 0 aliphatic rings. The van der Waals surface area contributed by atoms with E-state index in [4.69, 9.17) is 0 Å². The predicted octanol–water partition coefficient (Wildman–Crippen LogP) is 1.04. The topological polar surface area (TPSA) is 60.4 Å². The molecule has 0 aromatic rings. The molecule has 0 atom stereocenters. The van der Waals surface area contributed by atoms with Crippen LogP contribution in [0.1, 0.15) is 27.2 Å². The molecule has 0 rings (SSSR count). The number of rotatable bonds is 5. The predicted molar refractivity (Wildman–Crippen MR) is 50.7 cm³/mol. The van der Waals surface area contributed by atoms with Gasteiger partial charge < -0.3 is 4.74 Å². The van der Waals surface area contributed by atoms with Crippen molar-refractivity contribution in [2.24, 2.45) is 0 Å². The molecule has 4 nitrogen and oxygen atoms in total. The number of ether oxygens (including phenoxy) is 1. The molecule has 0 aliphatic carbocycles. The van der Waals surface area contributed by atoms with Crippen molar-refractivity contribution in [3.05, 3.63) is 11.6 Å². The first kappa shape index (κ1) is 12.6. The van der Waals surface area contributed by atoms with Gasteiger partial charge in [0.2, 0.25) is 0 Å². The second-order valence-corrected chi connectivity index (χ2v) is 2.80. The molecule has 0 saturated carbocycles. The van der Waals surface area contributed by atoms with Crippen LogP contribution in [0.25, 0.3) is 0 Å². The molecule has 0 N–H and O–H groups in total. The molecule has 0 amide bonds. The monoisotopic (exact) mass is 198 g/mol. The lowest BCUT2D eigenvalue weighted by Gasteiger charge is -2.02. The fourth-order valence-corrected chi connectivity index (χ4v) is 0.825. The highest BCUT2D eigenvalue weighted by Crippen LogP contribution is 2.02. The van der Waals surface area contributed by atoms with Gasteiger partial charge in [0, 0.05) is 6.42 Å². The van der Waals surface area contributed by atoms with Crippen LogP contribution in [0.5, 0.6) is 0 Å².